The summed E-state index contributed by atoms with van der Waals surface area (Å²) >= 11 is 1.35. The molecule has 4 nitrogen and oxygen atoms in total. The van der Waals surface area contributed by atoms with Crippen LogP contribution in [-0.2, 0) is 16.0 Å². The van der Waals surface area contributed by atoms with Gasteiger partial charge in [-0.2, -0.15) is 0 Å². The fraction of sp³-hybridized carbons (Fsp3) is 0.429. The Morgan fingerprint density at radius 2 is 2.00 bits per heavy atom. The third-order valence-corrected chi connectivity index (χ3v) is 3.51. The lowest BCUT2D eigenvalue weighted by Crippen LogP contribution is -2.42. The molecule has 1 atom stereocenters. The van der Waals surface area contributed by atoms with E-state index in [1.54, 1.807) is 0 Å². The second-order valence-electron chi connectivity index (χ2n) is 4.20. The van der Waals surface area contributed by atoms with E-state index in [9.17, 15) is 9.59 Å². The number of amides is 1. The second kappa shape index (κ2) is 8.72. The summed E-state index contributed by atoms with van der Waals surface area (Å²) in [5.74, 6) is 0.564. The molecule has 0 aliphatic heterocycles. The number of carbonyl (C=O) groups excluding carboxylic acids is 2. The maximum Gasteiger partial charge on any atom is 0.230 e. The monoisotopic (exact) mass is 281 g/mol. The van der Waals surface area contributed by atoms with Gasteiger partial charge in [0, 0.05) is 5.75 Å². The van der Waals surface area contributed by atoms with Gasteiger partial charge in [-0.05, 0) is 18.9 Å². The van der Waals surface area contributed by atoms with Gasteiger partial charge >= 0.3 is 0 Å². The van der Waals surface area contributed by atoms with Gasteiger partial charge in [0.05, 0.1) is 18.4 Å². The van der Waals surface area contributed by atoms with Gasteiger partial charge in [0.15, 0.2) is 5.78 Å². The van der Waals surface area contributed by atoms with Crippen molar-refractivity contribution in [2.24, 2.45) is 0 Å². The summed E-state index contributed by atoms with van der Waals surface area (Å²) in [6.07, 6.45) is 0.507. The van der Waals surface area contributed by atoms with Gasteiger partial charge in [-0.15, -0.1) is 11.8 Å². The van der Waals surface area contributed by atoms with Crippen LogP contribution in [0.25, 0.3) is 0 Å². The molecule has 104 valence electrons. The molecule has 0 saturated carbocycles. The maximum absolute atomic E-state index is 11.7. The number of thioether (sulfide) groups is 1. The summed E-state index contributed by atoms with van der Waals surface area (Å²) in [6, 6.07) is 9.11. The SMILES string of the molecule is CC(=O)[C@@H](Cc1ccccc1)NC(=O)CSCCO. The molecule has 1 rings (SSSR count). The number of ketones is 1. The number of aliphatic hydroxyl groups excluding tert-OH is 1. The Morgan fingerprint density at radius 3 is 2.58 bits per heavy atom. The molecule has 1 aromatic carbocycles. The number of Topliss-reactive ketones (excluding diaryl/α,β-unsaturated/α-hetero) is 1. The Balaban J connectivity index is 2.49. The van der Waals surface area contributed by atoms with E-state index < -0.39 is 6.04 Å². The van der Waals surface area contributed by atoms with E-state index >= 15 is 0 Å². The largest absolute Gasteiger partial charge is 0.396 e. The molecule has 1 aromatic rings. The first-order valence-electron chi connectivity index (χ1n) is 6.16. The summed E-state index contributed by atoms with van der Waals surface area (Å²) in [5, 5.41) is 11.4. The fourth-order valence-corrected chi connectivity index (χ4v) is 2.15. The average Bonchev–Trinajstić information content (AvgIpc) is 2.39. The van der Waals surface area contributed by atoms with E-state index in [0.29, 0.717) is 12.2 Å². The van der Waals surface area contributed by atoms with Crippen LogP contribution in [0, 0.1) is 0 Å². The smallest absolute Gasteiger partial charge is 0.230 e. The van der Waals surface area contributed by atoms with Crippen LogP contribution < -0.4 is 5.32 Å². The molecule has 0 saturated heterocycles. The molecule has 0 aliphatic carbocycles. The number of carbonyl (C=O) groups is 2. The van der Waals surface area contributed by atoms with Gasteiger partial charge in [0.1, 0.15) is 0 Å². The average molecular weight is 281 g/mol. The number of benzene rings is 1. The zero-order valence-electron chi connectivity index (χ0n) is 11.0. The molecule has 0 unspecified atom stereocenters. The van der Waals surface area contributed by atoms with Crippen LogP contribution in [0.1, 0.15) is 12.5 Å². The summed E-state index contributed by atoms with van der Waals surface area (Å²) in [6.45, 7) is 1.53. The third-order valence-electron chi connectivity index (χ3n) is 2.58. The van der Waals surface area contributed by atoms with Gasteiger partial charge < -0.3 is 10.4 Å². The van der Waals surface area contributed by atoms with Gasteiger partial charge in [-0.3, -0.25) is 9.59 Å². The van der Waals surface area contributed by atoms with Crippen LogP contribution in [0.5, 0.6) is 0 Å². The van der Waals surface area contributed by atoms with Crippen LogP contribution in [0.4, 0.5) is 0 Å². The minimum absolute atomic E-state index is 0.0515. The standard InChI is InChI=1S/C14H19NO3S/c1-11(17)13(9-12-5-3-2-4-6-12)15-14(18)10-19-8-7-16/h2-6,13,16H,7-10H2,1H3,(H,15,18)/t13-/m1/s1. The van der Waals surface area contributed by atoms with Crippen molar-refractivity contribution in [3.05, 3.63) is 35.9 Å². The topological polar surface area (TPSA) is 66.4 Å². The normalized spacial score (nSPS) is 11.9. The van der Waals surface area contributed by atoms with E-state index in [0.717, 1.165) is 5.56 Å². The molecule has 19 heavy (non-hydrogen) atoms. The van der Waals surface area contributed by atoms with Crippen molar-refractivity contribution in [3.63, 3.8) is 0 Å². The summed E-state index contributed by atoms with van der Waals surface area (Å²) < 4.78 is 0. The van der Waals surface area contributed by atoms with E-state index in [1.807, 2.05) is 30.3 Å². The quantitative estimate of drug-likeness (QED) is 0.698. The first kappa shape index (κ1) is 15.7. The molecule has 0 radical (unpaired) electrons. The summed E-state index contributed by atoms with van der Waals surface area (Å²) in [7, 11) is 0. The molecule has 2 N–H and O–H groups in total. The number of nitrogens with one attached hydrogen (secondary N) is 1. The molecule has 0 aliphatic rings. The highest BCUT2D eigenvalue weighted by atomic mass is 32.2. The van der Waals surface area contributed by atoms with Crippen molar-refractivity contribution in [2.75, 3.05) is 18.1 Å². The lowest BCUT2D eigenvalue weighted by Gasteiger charge is -2.16. The lowest BCUT2D eigenvalue weighted by molar-refractivity contribution is -0.125. The van der Waals surface area contributed by atoms with Crippen LogP contribution in [0.3, 0.4) is 0 Å². The summed E-state index contributed by atoms with van der Waals surface area (Å²) in [4.78, 5) is 23.2. The second-order valence-corrected chi connectivity index (χ2v) is 5.30. The minimum atomic E-state index is -0.482. The Hall–Kier alpha value is -1.33. The van der Waals surface area contributed by atoms with Crippen molar-refractivity contribution in [2.45, 2.75) is 19.4 Å². The van der Waals surface area contributed by atoms with E-state index in [1.165, 1.54) is 18.7 Å². The zero-order chi connectivity index (χ0) is 14.1. The Bertz CT molecular complexity index is 408. The molecule has 5 heteroatoms. The Labute approximate surface area is 117 Å². The van der Waals surface area contributed by atoms with Crippen LogP contribution in [-0.4, -0.2) is 41.0 Å². The first-order chi connectivity index (χ1) is 9.13. The molecule has 0 bridgehead atoms. The van der Waals surface area contributed by atoms with Crippen molar-refractivity contribution in [3.8, 4) is 0 Å². The van der Waals surface area contributed by atoms with Crippen LogP contribution in [0.2, 0.25) is 0 Å². The van der Waals surface area contributed by atoms with Gasteiger partial charge in [0.2, 0.25) is 5.91 Å². The van der Waals surface area contributed by atoms with Crippen LogP contribution in [0.15, 0.2) is 30.3 Å². The van der Waals surface area contributed by atoms with Crippen molar-refractivity contribution in [1.29, 1.82) is 0 Å². The van der Waals surface area contributed by atoms with Crippen molar-refractivity contribution in [1.82, 2.24) is 5.32 Å². The van der Waals surface area contributed by atoms with Crippen LogP contribution >= 0.6 is 11.8 Å². The zero-order valence-corrected chi connectivity index (χ0v) is 11.8. The predicted molar refractivity (Wildman–Crippen MR) is 77.2 cm³/mol. The highest BCUT2D eigenvalue weighted by Crippen LogP contribution is 2.05. The Morgan fingerprint density at radius 1 is 1.32 bits per heavy atom. The highest BCUT2D eigenvalue weighted by molar-refractivity contribution is 7.99. The van der Waals surface area contributed by atoms with Crippen molar-refractivity contribution >= 4 is 23.5 Å². The van der Waals surface area contributed by atoms with E-state index in [2.05, 4.69) is 5.32 Å². The molecule has 0 fully saturated rings. The number of hydrogen-bond donors (Lipinski definition) is 2. The van der Waals surface area contributed by atoms with Gasteiger partial charge in [-0.25, -0.2) is 0 Å². The molecular weight excluding hydrogens is 262 g/mol. The lowest BCUT2D eigenvalue weighted by atomic mass is 10.0. The Kier molecular flexibility index (Phi) is 7.22. The number of rotatable bonds is 8. The maximum atomic E-state index is 11.7. The molecule has 0 heterocycles. The molecule has 1 amide bonds. The highest BCUT2D eigenvalue weighted by Gasteiger charge is 2.17. The predicted octanol–water partition coefficient (Wildman–Crippen LogP) is 1.03. The van der Waals surface area contributed by atoms with Gasteiger partial charge in [0.25, 0.3) is 0 Å². The van der Waals surface area contributed by atoms with E-state index in [4.69, 9.17) is 5.11 Å². The fourth-order valence-electron chi connectivity index (χ4n) is 1.61. The molecule has 0 aromatic heterocycles. The summed E-state index contributed by atoms with van der Waals surface area (Å²) in [5.41, 5.74) is 1.02. The van der Waals surface area contributed by atoms with E-state index in [-0.39, 0.29) is 24.1 Å². The first-order valence-corrected chi connectivity index (χ1v) is 7.31. The molecule has 0 spiro atoms. The third kappa shape index (κ3) is 6.40. The minimum Gasteiger partial charge on any atom is -0.396 e. The van der Waals surface area contributed by atoms with Gasteiger partial charge in [-0.1, -0.05) is 30.3 Å². The van der Waals surface area contributed by atoms with Crippen molar-refractivity contribution < 1.29 is 14.7 Å². The molecular formula is C14H19NO3S. The number of hydrogen-bond acceptors (Lipinski definition) is 4. The number of aliphatic hydroxyl groups is 1.